The molecule has 226 valence electrons. The SMILES string of the molecule is Clc1cccc(-c2cc(-c3ccccc3)nc(-c3ccc(-c4ccc5c(c4)c4cc6ccccc6cc4n5-c4ccccc4)cc3)n2)c1. The van der Waals surface area contributed by atoms with Crippen molar-refractivity contribution < 1.29 is 0 Å². The van der Waals surface area contributed by atoms with Crippen LogP contribution >= 0.6 is 11.6 Å². The van der Waals surface area contributed by atoms with Crippen LogP contribution in [0.1, 0.15) is 0 Å². The third kappa shape index (κ3) is 5.02. The standard InChI is InChI=1S/C44H28ClN3/c45-36-15-9-14-35(24-36)41-28-40(30-10-3-1-4-11-30)46-44(47-41)31-20-18-29(19-21-31)34-22-23-42-38(26-34)39-25-32-12-7-8-13-33(32)27-43(39)48(42)37-16-5-2-6-17-37/h1-28H. The van der Waals surface area contributed by atoms with E-state index in [1.807, 2.05) is 48.5 Å². The van der Waals surface area contributed by atoms with Crippen LogP contribution in [0.25, 0.3) is 83.3 Å². The Bertz CT molecular complexity index is 2610. The predicted octanol–water partition coefficient (Wildman–Crippen LogP) is 12.0. The van der Waals surface area contributed by atoms with E-state index in [4.69, 9.17) is 21.6 Å². The molecule has 9 aromatic rings. The highest BCUT2D eigenvalue weighted by atomic mass is 35.5. The summed E-state index contributed by atoms with van der Waals surface area (Å²) < 4.78 is 2.37. The van der Waals surface area contributed by atoms with Crippen molar-refractivity contribution in [3.05, 3.63) is 175 Å². The summed E-state index contributed by atoms with van der Waals surface area (Å²) in [6, 6.07) is 59.3. The van der Waals surface area contributed by atoms with Gasteiger partial charge < -0.3 is 4.57 Å². The summed E-state index contributed by atoms with van der Waals surface area (Å²) in [5.41, 5.74) is 10.5. The molecule has 0 unspecified atom stereocenters. The Morgan fingerprint density at radius 2 is 1.00 bits per heavy atom. The van der Waals surface area contributed by atoms with E-state index in [-0.39, 0.29) is 0 Å². The largest absolute Gasteiger partial charge is 0.309 e. The summed E-state index contributed by atoms with van der Waals surface area (Å²) in [6.45, 7) is 0. The fraction of sp³-hybridized carbons (Fsp3) is 0. The Labute approximate surface area is 283 Å². The number of aromatic nitrogens is 3. The number of hydrogen-bond acceptors (Lipinski definition) is 2. The molecule has 0 fully saturated rings. The summed E-state index contributed by atoms with van der Waals surface area (Å²) in [5, 5.41) is 5.62. The minimum atomic E-state index is 0.672. The molecule has 2 heterocycles. The summed E-state index contributed by atoms with van der Waals surface area (Å²) in [5.74, 6) is 0.672. The molecule has 0 amide bonds. The van der Waals surface area contributed by atoms with Crippen molar-refractivity contribution >= 4 is 44.2 Å². The van der Waals surface area contributed by atoms with Gasteiger partial charge in [-0.05, 0) is 76.5 Å². The molecular formula is C44H28ClN3. The van der Waals surface area contributed by atoms with Crippen LogP contribution in [0.15, 0.2) is 170 Å². The van der Waals surface area contributed by atoms with Crippen molar-refractivity contribution in [2.75, 3.05) is 0 Å². The molecule has 9 rings (SSSR count). The van der Waals surface area contributed by atoms with Crippen molar-refractivity contribution in [1.29, 1.82) is 0 Å². The van der Waals surface area contributed by atoms with Crippen LogP contribution in [0.5, 0.6) is 0 Å². The lowest BCUT2D eigenvalue weighted by Crippen LogP contribution is -1.96. The Morgan fingerprint density at radius 3 is 1.75 bits per heavy atom. The molecule has 48 heavy (non-hydrogen) atoms. The van der Waals surface area contributed by atoms with Crippen molar-refractivity contribution in [2.24, 2.45) is 0 Å². The summed E-state index contributed by atoms with van der Waals surface area (Å²) in [7, 11) is 0. The highest BCUT2D eigenvalue weighted by Gasteiger charge is 2.15. The first kappa shape index (κ1) is 28.2. The lowest BCUT2D eigenvalue weighted by molar-refractivity contribution is 1.18. The average molecular weight is 634 g/mol. The molecule has 0 N–H and O–H groups in total. The molecule has 0 radical (unpaired) electrons. The van der Waals surface area contributed by atoms with E-state index in [0.717, 1.165) is 44.9 Å². The van der Waals surface area contributed by atoms with Gasteiger partial charge in [-0.2, -0.15) is 0 Å². The normalized spacial score (nSPS) is 11.4. The maximum atomic E-state index is 6.37. The Kier molecular flexibility index (Phi) is 6.84. The number of nitrogens with zero attached hydrogens (tertiary/aromatic N) is 3. The number of fused-ring (bicyclic) bond motifs is 4. The molecule has 3 nitrogen and oxygen atoms in total. The van der Waals surface area contributed by atoms with Crippen LogP contribution in [0.2, 0.25) is 5.02 Å². The van der Waals surface area contributed by atoms with E-state index in [2.05, 4.69) is 126 Å². The number of benzene rings is 7. The topological polar surface area (TPSA) is 30.7 Å². The first-order valence-electron chi connectivity index (χ1n) is 16.0. The molecule has 0 saturated carbocycles. The first-order chi connectivity index (χ1) is 23.7. The molecule has 0 aliphatic rings. The Morgan fingerprint density at radius 1 is 0.396 bits per heavy atom. The minimum absolute atomic E-state index is 0.672. The van der Waals surface area contributed by atoms with Gasteiger partial charge in [0.25, 0.3) is 0 Å². The lowest BCUT2D eigenvalue weighted by atomic mass is 10.00. The summed E-state index contributed by atoms with van der Waals surface area (Å²) >= 11 is 6.37. The van der Waals surface area contributed by atoms with Gasteiger partial charge in [-0.15, -0.1) is 0 Å². The quantitative estimate of drug-likeness (QED) is 0.189. The second kappa shape index (κ2) is 11.6. The number of rotatable bonds is 5. The van der Waals surface area contributed by atoms with E-state index in [1.54, 1.807) is 0 Å². The molecule has 0 aliphatic carbocycles. The van der Waals surface area contributed by atoms with Crippen molar-refractivity contribution in [1.82, 2.24) is 14.5 Å². The highest BCUT2D eigenvalue weighted by Crippen LogP contribution is 2.37. The van der Waals surface area contributed by atoms with E-state index in [0.29, 0.717) is 10.8 Å². The Hall–Kier alpha value is -6.03. The monoisotopic (exact) mass is 633 g/mol. The molecule has 0 aliphatic heterocycles. The molecule has 0 saturated heterocycles. The van der Waals surface area contributed by atoms with Gasteiger partial charge in [0.05, 0.1) is 22.4 Å². The molecule has 7 aromatic carbocycles. The van der Waals surface area contributed by atoms with Crippen LogP contribution in [0.4, 0.5) is 0 Å². The summed E-state index contributed by atoms with van der Waals surface area (Å²) in [4.78, 5) is 10.0. The third-order valence-corrected chi connectivity index (χ3v) is 9.27. The molecule has 2 aromatic heterocycles. The average Bonchev–Trinajstić information content (AvgIpc) is 3.47. The van der Waals surface area contributed by atoms with Crippen LogP contribution in [-0.4, -0.2) is 14.5 Å². The zero-order valence-corrected chi connectivity index (χ0v) is 26.6. The van der Waals surface area contributed by atoms with Gasteiger partial charge in [-0.1, -0.05) is 127 Å². The van der Waals surface area contributed by atoms with E-state index in [9.17, 15) is 0 Å². The molecular weight excluding hydrogens is 606 g/mol. The van der Waals surface area contributed by atoms with Crippen LogP contribution in [0, 0.1) is 0 Å². The van der Waals surface area contributed by atoms with Crippen molar-refractivity contribution in [2.45, 2.75) is 0 Å². The molecule has 0 spiro atoms. The number of hydrogen-bond donors (Lipinski definition) is 0. The van der Waals surface area contributed by atoms with Crippen molar-refractivity contribution in [3.8, 4) is 50.7 Å². The molecule has 0 bridgehead atoms. The fourth-order valence-electron chi connectivity index (χ4n) is 6.68. The second-order valence-corrected chi connectivity index (χ2v) is 12.5. The number of halogens is 1. The van der Waals surface area contributed by atoms with E-state index < -0.39 is 0 Å². The summed E-state index contributed by atoms with van der Waals surface area (Å²) in [6.07, 6.45) is 0. The molecule has 0 atom stereocenters. The minimum Gasteiger partial charge on any atom is -0.309 e. The smallest absolute Gasteiger partial charge is 0.160 e. The van der Waals surface area contributed by atoms with Gasteiger partial charge in [0.2, 0.25) is 0 Å². The van der Waals surface area contributed by atoms with Gasteiger partial charge in [0.1, 0.15) is 0 Å². The van der Waals surface area contributed by atoms with Crippen LogP contribution in [0.3, 0.4) is 0 Å². The Balaban J connectivity index is 1.16. The second-order valence-electron chi connectivity index (χ2n) is 12.0. The maximum Gasteiger partial charge on any atom is 0.160 e. The fourth-order valence-corrected chi connectivity index (χ4v) is 6.87. The van der Waals surface area contributed by atoms with Gasteiger partial charge in [0.15, 0.2) is 5.82 Å². The predicted molar refractivity (Wildman–Crippen MR) is 201 cm³/mol. The van der Waals surface area contributed by atoms with E-state index >= 15 is 0 Å². The first-order valence-corrected chi connectivity index (χ1v) is 16.4. The van der Waals surface area contributed by atoms with E-state index in [1.165, 1.54) is 32.6 Å². The zero-order valence-electron chi connectivity index (χ0n) is 25.9. The lowest BCUT2D eigenvalue weighted by Gasteiger charge is -2.10. The van der Waals surface area contributed by atoms with Gasteiger partial charge >= 0.3 is 0 Å². The highest BCUT2D eigenvalue weighted by molar-refractivity contribution is 6.30. The van der Waals surface area contributed by atoms with Gasteiger partial charge in [-0.3, -0.25) is 0 Å². The van der Waals surface area contributed by atoms with Gasteiger partial charge in [0, 0.05) is 38.2 Å². The van der Waals surface area contributed by atoms with Crippen molar-refractivity contribution in [3.63, 3.8) is 0 Å². The van der Waals surface area contributed by atoms with Gasteiger partial charge in [-0.25, -0.2) is 9.97 Å². The number of para-hydroxylation sites is 1. The zero-order chi connectivity index (χ0) is 32.0. The van der Waals surface area contributed by atoms with Crippen LogP contribution < -0.4 is 0 Å². The maximum absolute atomic E-state index is 6.37. The molecule has 4 heteroatoms. The van der Waals surface area contributed by atoms with Crippen LogP contribution in [-0.2, 0) is 0 Å². The third-order valence-electron chi connectivity index (χ3n) is 9.04.